The molecule has 102 valence electrons. The summed E-state index contributed by atoms with van der Waals surface area (Å²) in [5, 5.41) is 14.7. The smallest absolute Gasteiger partial charge is 0.221 e. The van der Waals surface area contributed by atoms with Crippen molar-refractivity contribution in [2.75, 3.05) is 19.0 Å². The molecule has 19 heavy (non-hydrogen) atoms. The van der Waals surface area contributed by atoms with E-state index in [1.54, 1.807) is 25.3 Å². The topological polar surface area (TPSA) is 74.1 Å². The lowest BCUT2D eigenvalue weighted by Crippen LogP contribution is -2.31. The highest BCUT2D eigenvalue weighted by Gasteiger charge is 2.06. The number of hydrogen-bond donors (Lipinski definition) is 2. The molecule has 5 heteroatoms. The Morgan fingerprint density at radius 1 is 1.47 bits per heavy atom. The van der Waals surface area contributed by atoms with E-state index in [4.69, 9.17) is 10.00 Å². The van der Waals surface area contributed by atoms with E-state index in [1.807, 2.05) is 13.8 Å². The van der Waals surface area contributed by atoms with Crippen molar-refractivity contribution in [1.29, 1.82) is 5.26 Å². The molecule has 0 unspecified atom stereocenters. The molecule has 0 fully saturated rings. The van der Waals surface area contributed by atoms with Gasteiger partial charge in [0.25, 0.3) is 0 Å². The van der Waals surface area contributed by atoms with Gasteiger partial charge in [-0.15, -0.1) is 0 Å². The number of nitrogens with one attached hydrogen (secondary N) is 2. The number of carbonyl (C=O) groups is 1. The Bertz CT molecular complexity index is 478. The van der Waals surface area contributed by atoms with Crippen LogP contribution in [0.2, 0.25) is 0 Å². The van der Waals surface area contributed by atoms with Crippen molar-refractivity contribution in [3.8, 4) is 11.8 Å². The van der Waals surface area contributed by atoms with E-state index in [9.17, 15) is 4.79 Å². The first-order chi connectivity index (χ1) is 9.06. The molecule has 0 saturated carbocycles. The number of nitrogens with zero attached hydrogens (tertiary/aromatic N) is 1. The number of anilines is 1. The molecular formula is C14H19N3O2. The van der Waals surface area contributed by atoms with Crippen molar-refractivity contribution in [2.45, 2.75) is 26.3 Å². The van der Waals surface area contributed by atoms with Crippen LogP contribution < -0.4 is 15.4 Å². The molecule has 0 heterocycles. The lowest BCUT2D eigenvalue weighted by molar-refractivity contribution is -0.121. The highest BCUT2D eigenvalue weighted by molar-refractivity contribution is 5.76. The van der Waals surface area contributed by atoms with Crippen molar-refractivity contribution in [2.24, 2.45) is 0 Å². The molecule has 0 bridgehead atoms. The van der Waals surface area contributed by atoms with Crippen LogP contribution in [0.15, 0.2) is 18.2 Å². The van der Waals surface area contributed by atoms with Crippen LogP contribution in [0.25, 0.3) is 0 Å². The standard InChI is InChI=1S/C14H19N3O2/c1-10(2)17-14(18)6-7-16-12-5-4-11(9-15)8-13(12)19-3/h4-5,8,10,16H,6-7H2,1-3H3,(H,17,18). The summed E-state index contributed by atoms with van der Waals surface area (Å²) in [5.74, 6) is 0.610. The summed E-state index contributed by atoms with van der Waals surface area (Å²) in [6.07, 6.45) is 0.390. The first kappa shape index (κ1) is 14.8. The zero-order valence-electron chi connectivity index (χ0n) is 11.5. The van der Waals surface area contributed by atoms with Crippen molar-refractivity contribution >= 4 is 11.6 Å². The minimum Gasteiger partial charge on any atom is -0.495 e. The number of hydrogen-bond acceptors (Lipinski definition) is 4. The molecule has 0 spiro atoms. The summed E-state index contributed by atoms with van der Waals surface area (Å²) in [6.45, 7) is 4.37. The zero-order valence-corrected chi connectivity index (χ0v) is 11.5. The summed E-state index contributed by atoms with van der Waals surface area (Å²) >= 11 is 0. The van der Waals surface area contributed by atoms with Gasteiger partial charge in [0.1, 0.15) is 5.75 Å². The Labute approximate surface area is 113 Å². The number of rotatable bonds is 6. The zero-order chi connectivity index (χ0) is 14.3. The number of amides is 1. The number of carbonyl (C=O) groups excluding carboxylic acids is 1. The van der Waals surface area contributed by atoms with Crippen molar-refractivity contribution < 1.29 is 9.53 Å². The highest BCUT2D eigenvalue weighted by Crippen LogP contribution is 2.25. The third-order valence-corrected chi connectivity index (χ3v) is 2.45. The molecule has 1 amide bonds. The quantitative estimate of drug-likeness (QED) is 0.820. The van der Waals surface area contributed by atoms with Crippen LogP contribution in [-0.4, -0.2) is 25.6 Å². The van der Waals surface area contributed by atoms with Crippen molar-refractivity contribution in [1.82, 2.24) is 5.32 Å². The van der Waals surface area contributed by atoms with E-state index >= 15 is 0 Å². The first-order valence-corrected chi connectivity index (χ1v) is 6.18. The Morgan fingerprint density at radius 3 is 2.79 bits per heavy atom. The molecule has 1 rings (SSSR count). The molecule has 1 aromatic rings. The van der Waals surface area contributed by atoms with Crippen LogP contribution in [0.5, 0.6) is 5.75 Å². The van der Waals surface area contributed by atoms with Crippen LogP contribution in [0.4, 0.5) is 5.69 Å². The van der Waals surface area contributed by atoms with Gasteiger partial charge >= 0.3 is 0 Å². The van der Waals surface area contributed by atoms with Gasteiger partial charge in [-0.3, -0.25) is 4.79 Å². The summed E-state index contributed by atoms with van der Waals surface area (Å²) in [4.78, 5) is 11.5. The maximum absolute atomic E-state index is 11.5. The molecule has 0 saturated heterocycles. The maximum Gasteiger partial charge on any atom is 0.221 e. The van der Waals surface area contributed by atoms with E-state index < -0.39 is 0 Å². The largest absolute Gasteiger partial charge is 0.495 e. The minimum absolute atomic E-state index is 0.00936. The van der Waals surface area contributed by atoms with Gasteiger partial charge in [-0.25, -0.2) is 0 Å². The molecule has 2 N–H and O–H groups in total. The second-order valence-electron chi connectivity index (χ2n) is 4.43. The summed E-state index contributed by atoms with van der Waals surface area (Å²) in [5.41, 5.74) is 1.32. The average Bonchev–Trinajstić information content (AvgIpc) is 2.38. The highest BCUT2D eigenvalue weighted by atomic mass is 16.5. The van der Waals surface area contributed by atoms with Gasteiger partial charge in [-0.2, -0.15) is 5.26 Å². The van der Waals surface area contributed by atoms with Crippen LogP contribution in [-0.2, 0) is 4.79 Å². The number of ether oxygens (including phenoxy) is 1. The fourth-order valence-corrected chi connectivity index (χ4v) is 1.61. The van der Waals surface area contributed by atoms with E-state index in [0.717, 1.165) is 5.69 Å². The van der Waals surface area contributed by atoms with E-state index in [-0.39, 0.29) is 11.9 Å². The van der Waals surface area contributed by atoms with E-state index in [1.165, 1.54) is 0 Å². The van der Waals surface area contributed by atoms with Crippen molar-refractivity contribution in [3.05, 3.63) is 23.8 Å². The van der Waals surface area contributed by atoms with Gasteiger partial charge in [0.15, 0.2) is 0 Å². The average molecular weight is 261 g/mol. The normalized spacial score (nSPS) is 9.84. The lowest BCUT2D eigenvalue weighted by Gasteiger charge is -2.12. The van der Waals surface area contributed by atoms with Crippen LogP contribution in [0, 0.1) is 11.3 Å². The summed E-state index contributed by atoms with van der Waals surface area (Å²) < 4.78 is 5.20. The molecule has 1 aromatic carbocycles. The van der Waals surface area contributed by atoms with E-state index in [0.29, 0.717) is 24.3 Å². The first-order valence-electron chi connectivity index (χ1n) is 6.18. The fourth-order valence-electron chi connectivity index (χ4n) is 1.61. The number of benzene rings is 1. The molecule has 0 aliphatic carbocycles. The van der Waals surface area contributed by atoms with Gasteiger partial charge in [0.2, 0.25) is 5.91 Å². The van der Waals surface area contributed by atoms with E-state index in [2.05, 4.69) is 16.7 Å². The van der Waals surface area contributed by atoms with Gasteiger partial charge in [0, 0.05) is 25.1 Å². The number of nitriles is 1. The predicted octanol–water partition coefficient (Wildman–Crippen LogP) is 1.89. The van der Waals surface area contributed by atoms with Gasteiger partial charge in [0.05, 0.1) is 24.4 Å². The predicted molar refractivity (Wildman–Crippen MR) is 74.1 cm³/mol. The second kappa shape index (κ2) is 7.27. The third-order valence-electron chi connectivity index (χ3n) is 2.45. The molecule has 0 radical (unpaired) electrons. The molecule has 0 aliphatic rings. The maximum atomic E-state index is 11.5. The van der Waals surface area contributed by atoms with Gasteiger partial charge < -0.3 is 15.4 Å². The van der Waals surface area contributed by atoms with Gasteiger partial charge in [-0.05, 0) is 26.0 Å². The third kappa shape index (κ3) is 4.88. The van der Waals surface area contributed by atoms with Gasteiger partial charge in [-0.1, -0.05) is 0 Å². The molecule has 0 aromatic heterocycles. The Morgan fingerprint density at radius 2 is 2.21 bits per heavy atom. The molecule has 0 aliphatic heterocycles. The van der Waals surface area contributed by atoms with Crippen LogP contribution in [0.3, 0.4) is 0 Å². The second-order valence-corrected chi connectivity index (χ2v) is 4.43. The SMILES string of the molecule is COc1cc(C#N)ccc1NCCC(=O)NC(C)C. The Hall–Kier alpha value is -2.22. The Kier molecular flexibility index (Phi) is 5.68. The lowest BCUT2D eigenvalue weighted by atomic mass is 10.2. The summed E-state index contributed by atoms with van der Waals surface area (Å²) in [6, 6.07) is 7.35. The van der Waals surface area contributed by atoms with Crippen molar-refractivity contribution in [3.63, 3.8) is 0 Å². The summed E-state index contributed by atoms with van der Waals surface area (Å²) in [7, 11) is 1.55. The fraction of sp³-hybridized carbons (Fsp3) is 0.429. The minimum atomic E-state index is 0.00936. The van der Waals surface area contributed by atoms with Crippen LogP contribution in [0.1, 0.15) is 25.8 Å². The van der Waals surface area contributed by atoms with Crippen LogP contribution >= 0.6 is 0 Å². The Balaban J connectivity index is 2.54. The molecule has 5 nitrogen and oxygen atoms in total. The molecular weight excluding hydrogens is 242 g/mol. The number of methoxy groups -OCH3 is 1. The monoisotopic (exact) mass is 261 g/mol. The molecule has 0 atom stereocenters.